The zero-order chi connectivity index (χ0) is 27.4. The van der Waals surface area contributed by atoms with Crippen molar-refractivity contribution in [2.75, 3.05) is 26.1 Å². The van der Waals surface area contributed by atoms with Gasteiger partial charge in [-0.25, -0.2) is 27.9 Å². The summed E-state index contributed by atoms with van der Waals surface area (Å²) in [5, 5.41) is 7.46. The molecule has 0 spiro atoms. The molecule has 16 heteroatoms. The number of nitrogens with one attached hydrogen (secondary N) is 1. The smallest absolute Gasteiger partial charge is 0.245 e. The van der Waals surface area contributed by atoms with Gasteiger partial charge in [-0.3, -0.25) is 4.72 Å². The summed E-state index contributed by atoms with van der Waals surface area (Å²) in [4.78, 5) is 21.0. The van der Waals surface area contributed by atoms with Gasteiger partial charge >= 0.3 is 0 Å². The molecular formula is C22H24ClN9O5S. The molecule has 0 bridgehead atoms. The maximum Gasteiger partial charge on any atom is 0.245 e. The molecule has 0 unspecified atom stereocenters. The molecule has 200 valence electrons. The second kappa shape index (κ2) is 11.2. The second-order valence-corrected chi connectivity index (χ2v) is 10.3. The van der Waals surface area contributed by atoms with Crippen LogP contribution in [0.2, 0.25) is 5.02 Å². The fourth-order valence-electron chi connectivity index (χ4n) is 3.59. The number of halogens is 1. The van der Waals surface area contributed by atoms with E-state index < -0.39 is 21.4 Å². The van der Waals surface area contributed by atoms with Crippen LogP contribution in [0.3, 0.4) is 0 Å². The topological polar surface area (TPSA) is 169 Å². The molecule has 0 fully saturated rings. The fourth-order valence-corrected chi connectivity index (χ4v) is 4.82. The number of ether oxygens (including phenoxy) is 3. The van der Waals surface area contributed by atoms with Crippen LogP contribution in [-0.4, -0.2) is 74.7 Å². The Labute approximate surface area is 223 Å². The van der Waals surface area contributed by atoms with Crippen LogP contribution in [0, 0.1) is 6.92 Å². The highest BCUT2D eigenvalue weighted by atomic mass is 35.5. The van der Waals surface area contributed by atoms with Gasteiger partial charge in [0.05, 0.1) is 19.2 Å². The summed E-state index contributed by atoms with van der Waals surface area (Å²) in [5.74, 6) is 0.315. The van der Waals surface area contributed by atoms with Gasteiger partial charge in [-0.2, -0.15) is 9.97 Å². The van der Waals surface area contributed by atoms with E-state index in [0.717, 1.165) is 0 Å². The van der Waals surface area contributed by atoms with Crippen LogP contribution in [-0.2, 0) is 14.8 Å². The summed E-state index contributed by atoms with van der Waals surface area (Å²) < 4.78 is 47.3. The third-order valence-corrected chi connectivity index (χ3v) is 7.33. The SMILES string of the molecule is COc1ncnc(OC)c1-n1c(NS(=O)(=O)[C@@H](C)[C@H](OC)c2ncc(Cl)cn2)nnc1-c1cccc(C)n1. The van der Waals surface area contributed by atoms with E-state index in [1.165, 1.54) is 51.5 Å². The molecule has 1 N–H and O–H groups in total. The highest BCUT2D eigenvalue weighted by Crippen LogP contribution is 2.35. The first-order chi connectivity index (χ1) is 18.2. The number of hydrogen-bond acceptors (Lipinski definition) is 12. The van der Waals surface area contributed by atoms with E-state index in [0.29, 0.717) is 16.4 Å². The molecule has 0 saturated carbocycles. The molecular weight excluding hydrogens is 538 g/mol. The molecule has 14 nitrogen and oxygen atoms in total. The minimum atomic E-state index is -4.18. The molecule has 0 amide bonds. The summed E-state index contributed by atoms with van der Waals surface area (Å²) in [6, 6.07) is 5.30. The Morgan fingerprint density at radius 1 is 1.00 bits per heavy atom. The Kier molecular flexibility index (Phi) is 7.99. The second-order valence-electron chi connectivity index (χ2n) is 7.86. The average molecular weight is 562 g/mol. The van der Waals surface area contributed by atoms with Gasteiger partial charge in [-0.15, -0.1) is 10.2 Å². The standard InChI is InChI=1S/C22H24ClN9O5S/c1-12-7-6-8-15(28-12)19-29-30-22(32(19)16-20(36-4)26-11-27-21(16)37-5)31-38(33,34)13(2)17(35-3)18-24-9-14(23)10-25-18/h6-11,13,17H,1-5H3,(H,30,31)/t13-,17-/m0/s1. The van der Waals surface area contributed by atoms with Crippen LogP contribution in [0.5, 0.6) is 11.8 Å². The molecule has 38 heavy (non-hydrogen) atoms. The van der Waals surface area contributed by atoms with Crippen molar-refractivity contribution in [2.45, 2.75) is 25.2 Å². The molecule has 4 aromatic heterocycles. The zero-order valence-electron chi connectivity index (χ0n) is 21.0. The van der Waals surface area contributed by atoms with Crippen LogP contribution < -0.4 is 14.2 Å². The van der Waals surface area contributed by atoms with Crippen LogP contribution in [0.15, 0.2) is 36.9 Å². The molecule has 0 aliphatic heterocycles. The molecule has 0 aliphatic carbocycles. The third kappa shape index (κ3) is 5.34. The summed E-state index contributed by atoms with van der Waals surface area (Å²) in [5.41, 5.74) is 1.28. The molecule has 2 atom stereocenters. The lowest BCUT2D eigenvalue weighted by atomic mass is 10.2. The first-order valence-corrected chi connectivity index (χ1v) is 13.0. The van der Waals surface area contributed by atoms with Gasteiger partial charge in [0.2, 0.25) is 27.7 Å². The van der Waals surface area contributed by atoms with Gasteiger partial charge in [-0.1, -0.05) is 17.7 Å². The van der Waals surface area contributed by atoms with Crippen molar-refractivity contribution < 1.29 is 22.6 Å². The summed E-state index contributed by atoms with van der Waals surface area (Å²) >= 11 is 5.87. The molecule has 4 heterocycles. The number of rotatable bonds is 10. The van der Waals surface area contributed by atoms with Crippen molar-refractivity contribution in [3.8, 4) is 29.0 Å². The number of anilines is 1. The van der Waals surface area contributed by atoms with Crippen molar-refractivity contribution in [3.05, 3.63) is 53.5 Å². The van der Waals surface area contributed by atoms with Crippen LogP contribution >= 0.6 is 11.6 Å². The van der Waals surface area contributed by atoms with E-state index in [4.69, 9.17) is 25.8 Å². The van der Waals surface area contributed by atoms with Crippen molar-refractivity contribution in [3.63, 3.8) is 0 Å². The number of nitrogens with zero attached hydrogens (tertiary/aromatic N) is 8. The van der Waals surface area contributed by atoms with Crippen LogP contribution in [0.1, 0.15) is 24.5 Å². The monoisotopic (exact) mass is 561 g/mol. The van der Waals surface area contributed by atoms with Crippen LogP contribution in [0.25, 0.3) is 17.2 Å². The van der Waals surface area contributed by atoms with Gasteiger partial charge < -0.3 is 14.2 Å². The first-order valence-electron chi connectivity index (χ1n) is 11.0. The van der Waals surface area contributed by atoms with Crippen molar-refractivity contribution >= 4 is 27.6 Å². The lowest BCUT2D eigenvalue weighted by Crippen LogP contribution is -2.33. The summed E-state index contributed by atoms with van der Waals surface area (Å²) in [7, 11) is -0.0185. The van der Waals surface area contributed by atoms with Gasteiger partial charge in [0.15, 0.2) is 17.3 Å². The van der Waals surface area contributed by atoms with E-state index in [-0.39, 0.29) is 35.0 Å². The van der Waals surface area contributed by atoms with Gasteiger partial charge in [0.25, 0.3) is 0 Å². The minimum Gasteiger partial charge on any atom is -0.479 e. The van der Waals surface area contributed by atoms with E-state index in [1.807, 2.05) is 13.0 Å². The number of aryl methyl sites for hydroxylation is 1. The van der Waals surface area contributed by atoms with Gasteiger partial charge in [-0.05, 0) is 26.0 Å². The lowest BCUT2D eigenvalue weighted by Gasteiger charge is -2.22. The maximum absolute atomic E-state index is 13.6. The zero-order valence-corrected chi connectivity index (χ0v) is 22.6. The summed E-state index contributed by atoms with van der Waals surface area (Å²) in [6.07, 6.45) is 2.93. The molecule has 0 radical (unpaired) electrons. The highest BCUT2D eigenvalue weighted by molar-refractivity contribution is 7.93. The van der Waals surface area contributed by atoms with E-state index >= 15 is 0 Å². The Bertz CT molecular complexity index is 1510. The predicted octanol–water partition coefficient (Wildman–Crippen LogP) is 2.41. The van der Waals surface area contributed by atoms with Gasteiger partial charge in [0.1, 0.15) is 23.4 Å². The Morgan fingerprint density at radius 2 is 1.66 bits per heavy atom. The number of methoxy groups -OCH3 is 3. The normalized spacial score (nSPS) is 13.1. The molecule has 0 saturated heterocycles. The van der Waals surface area contributed by atoms with Crippen molar-refractivity contribution in [2.24, 2.45) is 0 Å². The third-order valence-electron chi connectivity index (χ3n) is 5.44. The van der Waals surface area contributed by atoms with Gasteiger partial charge in [0, 0.05) is 25.2 Å². The largest absolute Gasteiger partial charge is 0.479 e. The number of pyridine rings is 1. The van der Waals surface area contributed by atoms with E-state index in [2.05, 4.69) is 39.8 Å². The summed E-state index contributed by atoms with van der Waals surface area (Å²) in [6.45, 7) is 3.26. The Morgan fingerprint density at radius 3 is 2.24 bits per heavy atom. The number of hydrogen-bond donors (Lipinski definition) is 1. The molecule has 4 aromatic rings. The van der Waals surface area contributed by atoms with Crippen molar-refractivity contribution in [1.29, 1.82) is 0 Å². The lowest BCUT2D eigenvalue weighted by molar-refractivity contribution is 0.0950. The Hall–Kier alpha value is -3.95. The van der Waals surface area contributed by atoms with E-state index in [9.17, 15) is 8.42 Å². The quantitative estimate of drug-likeness (QED) is 0.300. The predicted molar refractivity (Wildman–Crippen MR) is 137 cm³/mol. The molecule has 0 aliphatic rings. The minimum absolute atomic E-state index is 0.0865. The first kappa shape index (κ1) is 27.1. The molecule has 0 aromatic carbocycles. The number of aromatic nitrogens is 8. The molecule has 4 rings (SSSR count). The van der Waals surface area contributed by atoms with E-state index in [1.54, 1.807) is 12.1 Å². The maximum atomic E-state index is 13.6. The fraction of sp³-hybridized carbons (Fsp3) is 0.318. The highest BCUT2D eigenvalue weighted by Gasteiger charge is 2.35. The van der Waals surface area contributed by atoms with Crippen molar-refractivity contribution in [1.82, 2.24) is 39.7 Å². The van der Waals surface area contributed by atoms with Crippen LogP contribution in [0.4, 0.5) is 5.95 Å². The Balaban J connectivity index is 1.84. The number of sulfonamides is 1. The average Bonchev–Trinajstić information content (AvgIpc) is 3.31.